The summed E-state index contributed by atoms with van der Waals surface area (Å²) in [4.78, 5) is 22.9. The number of amides is 1. The number of carbonyl (C=O) groups is 1. The first-order valence-corrected chi connectivity index (χ1v) is 9.63. The van der Waals surface area contributed by atoms with Crippen LogP contribution in [-0.4, -0.2) is 46.9 Å². The van der Waals surface area contributed by atoms with Gasteiger partial charge in [-0.2, -0.15) is 0 Å². The number of hydrogen-bond acceptors (Lipinski definition) is 4. The number of rotatable bonds is 3. The normalized spacial score (nSPS) is 15.9. The summed E-state index contributed by atoms with van der Waals surface area (Å²) in [7, 11) is 0. The van der Waals surface area contributed by atoms with Gasteiger partial charge in [-0.15, -0.1) is 11.3 Å². The van der Waals surface area contributed by atoms with Crippen LogP contribution in [0.2, 0.25) is 0 Å². The van der Waals surface area contributed by atoms with E-state index in [1.54, 1.807) is 11.3 Å². The summed E-state index contributed by atoms with van der Waals surface area (Å²) in [6.07, 6.45) is 0. The van der Waals surface area contributed by atoms with Crippen LogP contribution in [0.4, 0.5) is 0 Å². The highest BCUT2D eigenvalue weighted by Gasteiger charge is 2.23. The Morgan fingerprint density at radius 1 is 1.22 bits per heavy atom. The number of thiazole rings is 1. The van der Waals surface area contributed by atoms with Gasteiger partial charge in [0.05, 0.1) is 17.8 Å². The molecule has 0 saturated carbocycles. The van der Waals surface area contributed by atoms with Crippen LogP contribution in [-0.2, 0) is 6.54 Å². The van der Waals surface area contributed by atoms with Crippen LogP contribution < -0.4 is 0 Å². The van der Waals surface area contributed by atoms with Crippen molar-refractivity contribution in [2.75, 3.05) is 26.2 Å². The first-order valence-electron chi connectivity index (χ1n) is 7.73. The first-order chi connectivity index (χ1) is 11.0. The number of piperazine rings is 1. The molecule has 1 fully saturated rings. The van der Waals surface area contributed by atoms with Gasteiger partial charge in [-0.3, -0.25) is 9.69 Å². The molecule has 1 aromatic carbocycles. The molecule has 1 aliphatic rings. The predicted molar refractivity (Wildman–Crippen MR) is 102 cm³/mol. The highest BCUT2D eigenvalue weighted by molar-refractivity contribution is 14.1. The van der Waals surface area contributed by atoms with E-state index in [-0.39, 0.29) is 5.91 Å². The molecular formula is C17H20IN3OS. The van der Waals surface area contributed by atoms with E-state index in [2.05, 4.69) is 46.3 Å². The number of halogens is 1. The molecule has 0 unspecified atom stereocenters. The van der Waals surface area contributed by atoms with Gasteiger partial charge >= 0.3 is 0 Å². The molecule has 0 bridgehead atoms. The minimum atomic E-state index is 0.149. The Morgan fingerprint density at radius 2 is 1.91 bits per heavy atom. The van der Waals surface area contributed by atoms with Crippen LogP contribution in [0.5, 0.6) is 0 Å². The Hall–Kier alpha value is -0.990. The lowest BCUT2D eigenvalue weighted by atomic mass is 10.2. The Bertz CT molecular complexity index is 688. The van der Waals surface area contributed by atoms with E-state index in [9.17, 15) is 4.79 Å². The van der Waals surface area contributed by atoms with Crippen LogP contribution in [0.25, 0.3) is 0 Å². The minimum absolute atomic E-state index is 0.149. The lowest BCUT2D eigenvalue weighted by Crippen LogP contribution is -2.48. The summed E-state index contributed by atoms with van der Waals surface area (Å²) in [6.45, 7) is 8.46. The highest BCUT2D eigenvalue weighted by atomic mass is 127. The average molecular weight is 441 g/mol. The van der Waals surface area contributed by atoms with Gasteiger partial charge in [-0.05, 0) is 48.6 Å². The summed E-state index contributed by atoms with van der Waals surface area (Å²) in [5.41, 5.74) is 1.95. The van der Waals surface area contributed by atoms with Crippen molar-refractivity contribution in [3.8, 4) is 0 Å². The monoisotopic (exact) mass is 441 g/mol. The van der Waals surface area contributed by atoms with Gasteiger partial charge in [0, 0.05) is 34.6 Å². The molecule has 1 saturated heterocycles. The van der Waals surface area contributed by atoms with Gasteiger partial charge < -0.3 is 4.90 Å². The van der Waals surface area contributed by atoms with Crippen LogP contribution in [0, 0.1) is 17.4 Å². The summed E-state index contributed by atoms with van der Waals surface area (Å²) >= 11 is 4.01. The first kappa shape index (κ1) is 16.9. The zero-order valence-corrected chi connectivity index (χ0v) is 16.4. The van der Waals surface area contributed by atoms with E-state index in [1.807, 2.05) is 29.2 Å². The molecule has 122 valence electrons. The van der Waals surface area contributed by atoms with Crippen molar-refractivity contribution >= 4 is 39.8 Å². The van der Waals surface area contributed by atoms with Gasteiger partial charge in [-0.1, -0.05) is 12.1 Å². The smallest absolute Gasteiger partial charge is 0.255 e. The number of aromatic nitrogens is 1. The molecule has 4 nitrogen and oxygen atoms in total. The molecule has 1 aromatic heterocycles. The van der Waals surface area contributed by atoms with E-state index in [4.69, 9.17) is 0 Å². The Labute approximate surface area is 154 Å². The third-order valence-corrected chi connectivity index (χ3v) is 6.19. The average Bonchev–Trinajstić information content (AvgIpc) is 2.86. The van der Waals surface area contributed by atoms with Crippen LogP contribution >= 0.6 is 33.9 Å². The second-order valence-electron chi connectivity index (χ2n) is 5.80. The predicted octanol–water partition coefficient (Wildman–Crippen LogP) is 3.32. The summed E-state index contributed by atoms with van der Waals surface area (Å²) < 4.78 is 1.02. The third kappa shape index (κ3) is 3.92. The molecule has 0 aliphatic carbocycles. The van der Waals surface area contributed by atoms with Gasteiger partial charge in [0.2, 0.25) is 0 Å². The Balaban J connectivity index is 1.58. The number of aryl methyl sites for hydroxylation is 2. The van der Waals surface area contributed by atoms with Crippen LogP contribution in [0.3, 0.4) is 0 Å². The summed E-state index contributed by atoms with van der Waals surface area (Å²) in [6, 6.07) is 7.79. The molecule has 0 atom stereocenters. The third-order valence-electron chi connectivity index (χ3n) is 4.20. The zero-order chi connectivity index (χ0) is 16.4. The van der Waals surface area contributed by atoms with Crippen molar-refractivity contribution in [3.63, 3.8) is 0 Å². The largest absolute Gasteiger partial charge is 0.336 e. The molecule has 1 aliphatic heterocycles. The van der Waals surface area contributed by atoms with E-state index in [0.717, 1.165) is 47.6 Å². The van der Waals surface area contributed by atoms with Crippen molar-refractivity contribution < 1.29 is 4.79 Å². The van der Waals surface area contributed by atoms with Gasteiger partial charge in [0.1, 0.15) is 5.01 Å². The lowest BCUT2D eigenvalue weighted by Gasteiger charge is -2.34. The number of hydrogen-bond donors (Lipinski definition) is 0. The Kier molecular flexibility index (Phi) is 5.33. The quantitative estimate of drug-likeness (QED) is 0.686. The van der Waals surface area contributed by atoms with Crippen LogP contribution in [0.15, 0.2) is 24.3 Å². The van der Waals surface area contributed by atoms with Crippen molar-refractivity contribution in [2.45, 2.75) is 20.4 Å². The number of benzene rings is 1. The molecular weight excluding hydrogens is 421 g/mol. The second-order valence-corrected chi connectivity index (χ2v) is 8.25. The van der Waals surface area contributed by atoms with Crippen molar-refractivity contribution in [1.29, 1.82) is 0 Å². The molecule has 0 spiro atoms. The highest BCUT2D eigenvalue weighted by Crippen LogP contribution is 2.20. The molecule has 2 heterocycles. The number of nitrogens with zero attached hydrogens (tertiary/aromatic N) is 3. The molecule has 23 heavy (non-hydrogen) atoms. The lowest BCUT2D eigenvalue weighted by molar-refractivity contribution is 0.0627. The molecule has 2 aromatic rings. The minimum Gasteiger partial charge on any atom is -0.336 e. The van der Waals surface area contributed by atoms with E-state index >= 15 is 0 Å². The Morgan fingerprint density at radius 3 is 2.52 bits per heavy atom. The van der Waals surface area contributed by atoms with Crippen molar-refractivity contribution in [2.24, 2.45) is 0 Å². The van der Waals surface area contributed by atoms with E-state index in [1.165, 1.54) is 9.88 Å². The second kappa shape index (κ2) is 7.27. The fourth-order valence-corrected chi connectivity index (χ4v) is 4.31. The maximum atomic E-state index is 12.6. The topological polar surface area (TPSA) is 36.4 Å². The van der Waals surface area contributed by atoms with Gasteiger partial charge in [0.25, 0.3) is 5.91 Å². The summed E-state index contributed by atoms with van der Waals surface area (Å²) in [5.74, 6) is 0.149. The fourth-order valence-electron chi connectivity index (χ4n) is 2.71. The molecule has 0 radical (unpaired) electrons. The molecule has 1 amide bonds. The maximum Gasteiger partial charge on any atom is 0.255 e. The fraction of sp³-hybridized carbons (Fsp3) is 0.412. The molecule has 3 rings (SSSR count). The van der Waals surface area contributed by atoms with Gasteiger partial charge in [0.15, 0.2) is 0 Å². The standard InChI is InChI=1S/C17H20IN3OS/c1-12-13(2)23-16(19-12)11-20-7-9-21(10-8-20)17(22)14-5-3-4-6-15(14)18/h3-6H,7-11H2,1-2H3. The van der Waals surface area contributed by atoms with E-state index in [0.29, 0.717) is 0 Å². The maximum absolute atomic E-state index is 12.6. The zero-order valence-electron chi connectivity index (χ0n) is 13.4. The number of carbonyl (C=O) groups excluding carboxylic acids is 1. The van der Waals surface area contributed by atoms with Crippen LogP contribution in [0.1, 0.15) is 25.9 Å². The molecule has 0 N–H and O–H groups in total. The SMILES string of the molecule is Cc1nc(CN2CCN(C(=O)c3ccccc3I)CC2)sc1C. The summed E-state index contributed by atoms with van der Waals surface area (Å²) in [5, 5.41) is 1.18. The molecule has 6 heteroatoms. The van der Waals surface area contributed by atoms with Crippen molar-refractivity contribution in [1.82, 2.24) is 14.8 Å². The van der Waals surface area contributed by atoms with Gasteiger partial charge in [-0.25, -0.2) is 4.98 Å². The van der Waals surface area contributed by atoms with Crippen molar-refractivity contribution in [3.05, 3.63) is 49.0 Å². The van der Waals surface area contributed by atoms with E-state index < -0.39 is 0 Å².